The van der Waals surface area contributed by atoms with Gasteiger partial charge in [0.25, 0.3) is 0 Å². The number of amides is 1. The summed E-state index contributed by atoms with van der Waals surface area (Å²) >= 11 is 0. The van der Waals surface area contributed by atoms with E-state index >= 15 is 0 Å². The first-order valence-electron chi connectivity index (χ1n) is 6.67. The van der Waals surface area contributed by atoms with Crippen LogP contribution in [0.1, 0.15) is 27.2 Å². The minimum absolute atomic E-state index is 0.0746. The maximum absolute atomic E-state index is 12.1. The van der Waals surface area contributed by atoms with Crippen molar-refractivity contribution < 1.29 is 4.79 Å². The molecule has 0 fully saturated rings. The summed E-state index contributed by atoms with van der Waals surface area (Å²) in [6, 6.07) is 6.49. The molecule has 7 heteroatoms. The Bertz CT molecular complexity index is 722. The molecule has 0 saturated heterocycles. The third-order valence-electron chi connectivity index (χ3n) is 3.56. The zero-order valence-electron chi connectivity index (χ0n) is 12.2. The van der Waals surface area contributed by atoms with Crippen molar-refractivity contribution in [1.29, 1.82) is 0 Å². The molecule has 1 aromatic carbocycles. The Morgan fingerprint density at radius 2 is 1.67 bits per heavy atom. The Hall–Kier alpha value is -2.57. The topological polar surface area (TPSA) is 99.8 Å². The number of nitrogens with zero attached hydrogens (tertiary/aromatic N) is 1. The number of hydrogen-bond donors (Lipinski definition) is 3. The van der Waals surface area contributed by atoms with Crippen LogP contribution in [0.25, 0.3) is 5.69 Å². The van der Waals surface area contributed by atoms with Crippen LogP contribution in [-0.2, 0) is 4.79 Å². The fourth-order valence-electron chi connectivity index (χ4n) is 1.70. The van der Waals surface area contributed by atoms with Gasteiger partial charge in [-0.1, -0.05) is 20.8 Å². The van der Waals surface area contributed by atoms with Gasteiger partial charge in [0.1, 0.15) is 0 Å². The van der Waals surface area contributed by atoms with Gasteiger partial charge in [0.05, 0.1) is 5.69 Å². The molecule has 0 aliphatic carbocycles. The third-order valence-corrected chi connectivity index (χ3v) is 3.56. The van der Waals surface area contributed by atoms with Crippen molar-refractivity contribution in [2.75, 3.05) is 5.32 Å². The van der Waals surface area contributed by atoms with Crippen molar-refractivity contribution in [3.05, 3.63) is 45.2 Å². The lowest BCUT2D eigenvalue weighted by Crippen LogP contribution is -2.30. The number of anilines is 1. The zero-order valence-corrected chi connectivity index (χ0v) is 12.2. The molecule has 0 spiro atoms. The van der Waals surface area contributed by atoms with E-state index in [9.17, 15) is 14.4 Å². The quantitative estimate of drug-likeness (QED) is 0.789. The minimum atomic E-state index is -0.538. The molecule has 0 unspecified atom stereocenters. The van der Waals surface area contributed by atoms with E-state index in [0.29, 0.717) is 11.4 Å². The van der Waals surface area contributed by atoms with E-state index in [1.165, 1.54) is 0 Å². The second kappa shape index (κ2) is 5.43. The van der Waals surface area contributed by atoms with E-state index in [0.717, 1.165) is 11.0 Å². The van der Waals surface area contributed by atoms with Gasteiger partial charge < -0.3 is 5.32 Å². The van der Waals surface area contributed by atoms with Crippen LogP contribution in [-0.4, -0.2) is 20.7 Å². The maximum Gasteiger partial charge on any atom is 0.348 e. The number of H-pyrrole nitrogens is 2. The maximum atomic E-state index is 12.1. The van der Waals surface area contributed by atoms with E-state index < -0.39 is 16.8 Å². The molecule has 0 saturated carbocycles. The normalized spacial score (nSPS) is 11.4. The summed E-state index contributed by atoms with van der Waals surface area (Å²) < 4.78 is 0.974. The highest BCUT2D eigenvalue weighted by Crippen LogP contribution is 2.22. The predicted octanol–water partition coefficient (Wildman–Crippen LogP) is 1.23. The monoisotopic (exact) mass is 290 g/mol. The highest BCUT2D eigenvalue weighted by atomic mass is 16.2. The molecular formula is C14H18N4O3. The Balaban J connectivity index is 2.23. The molecule has 3 N–H and O–H groups in total. The first kappa shape index (κ1) is 14.8. The SMILES string of the molecule is CCC(C)(C)C(=O)Nc1ccc(-n2c(=O)[nH][nH]c2=O)cc1. The van der Waals surface area contributed by atoms with Crippen molar-refractivity contribution >= 4 is 11.6 Å². The first-order valence-corrected chi connectivity index (χ1v) is 6.67. The number of rotatable bonds is 4. The molecule has 1 aromatic heterocycles. The van der Waals surface area contributed by atoms with Crippen LogP contribution in [0.2, 0.25) is 0 Å². The molecule has 2 rings (SSSR count). The van der Waals surface area contributed by atoms with E-state index in [2.05, 4.69) is 15.5 Å². The lowest BCUT2D eigenvalue weighted by Gasteiger charge is -2.21. The summed E-state index contributed by atoms with van der Waals surface area (Å²) in [5.74, 6) is -0.0746. The van der Waals surface area contributed by atoms with Crippen molar-refractivity contribution in [1.82, 2.24) is 14.8 Å². The van der Waals surface area contributed by atoms with Gasteiger partial charge in [0.2, 0.25) is 5.91 Å². The number of aromatic nitrogens is 3. The molecule has 0 aliphatic rings. The fraction of sp³-hybridized carbons (Fsp3) is 0.357. The summed E-state index contributed by atoms with van der Waals surface area (Å²) in [7, 11) is 0. The number of carbonyl (C=O) groups is 1. The molecule has 112 valence electrons. The summed E-state index contributed by atoms with van der Waals surface area (Å²) in [5.41, 5.74) is -0.485. The Labute approximate surface area is 121 Å². The molecule has 0 aliphatic heterocycles. The second-order valence-electron chi connectivity index (χ2n) is 5.43. The average molecular weight is 290 g/mol. The zero-order chi connectivity index (χ0) is 15.6. The second-order valence-corrected chi connectivity index (χ2v) is 5.43. The van der Waals surface area contributed by atoms with Crippen molar-refractivity contribution in [3.63, 3.8) is 0 Å². The summed E-state index contributed by atoms with van der Waals surface area (Å²) in [4.78, 5) is 35.0. The number of aromatic amines is 2. The highest BCUT2D eigenvalue weighted by Gasteiger charge is 2.25. The highest BCUT2D eigenvalue weighted by molar-refractivity contribution is 5.94. The Kier molecular flexibility index (Phi) is 3.84. The summed E-state index contributed by atoms with van der Waals surface area (Å²) in [5, 5.41) is 7.23. The molecule has 2 aromatic rings. The van der Waals surface area contributed by atoms with Crippen molar-refractivity contribution in [2.24, 2.45) is 5.41 Å². The number of carbonyl (C=O) groups excluding carboxylic acids is 1. The van der Waals surface area contributed by atoms with E-state index in [-0.39, 0.29) is 5.91 Å². The van der Waals surface area contributed by atoms with Gasteiger partial charge in [-0.15, -0.1) is 0 Å². The van der Waals surface area contributed by atoms with Crippen molar-refractivity contribution in [2.45, 2.75) is 27.2 Å². The smallest absolute Gasteiger partial charge is 0.326 e. The van der Waals surface area contributed by atoms with Gasteiger partial charge in [-0.3, -0.25) is 4.79 Å². The van der Waals surface area contributed by atoms with Crippen molar-refractivity contribution in [3.8, 4) is 5.69 Å². The standard InChI is InChI=1S/C14H18N4O3/c1-4-14(2,3)11(19)15-9-5-7-10(8-6-9)18-12(20)16-17-13(18)21/h5-8H,4H2,1-3H3,(H,15,19)(H,16,20)(H,17,21). The lowest BCUT2D eigenvalue weighted by atomic mass is 9.89. The molecule has 21 heavy (non-hydrogen) atoms. The molecule has 0 bridgehead atoms. The average Bonchev–Trinajstić information content (AvgIpc) is 2.79. The van der Waals surface area contributed by atoms with Crippen LogP contribution >= 0.6 is 0 Å². The molecule has 0 radical (unpaired) electrons. The number of nitrogens with one attached hydrogen (secondary N) is 3. The molecule has 1 amide bonds. The Morgan fingerprint density at radius 3 is 2.14 bits per heavy atom. The Morgan fingerprint density at radius 1 is 1.14 bits per heavy atom. The lowest BCUT2D eigenvalue weighted by molar-refractivity contribution is -0.124. The number of hydrogen-bond acceptors (Lipinski definition) is 3. The molecule has 7 nitrogen and oxygen atoms in total. The molecule has 1 heterocycles. The van der Waals surface area contributed by atoms with E-state index in [1.807, 2.05) is 20.8 Å². The van der Waals surface area contributed by atoms with Gasteiger partial charge in [0.15, 0.2) is 0 Å². The van der Waals surface area contributed by atoms with Crippen LogP contribution < -0.4 is 16.7 Å². The first-order chi connectivity index (χ1) is 9.85. The van der Waals surface area contributed by atoms with Crippen LogP contribution in [0.4, 0.5) is 5.69 Å². The predicted molar refractivity (Wildman–Crippen MR) is 79.7 cm³/mol. The van der Waals surface area contributed by atoms with Gasteiger partial charge in [0, 0.05) is 11.1 Å². The number of benzene rings is 1. The van der Waals surface area contributed by atoms with Crippen LogP contribution in [0, 0.1) is 5.41 Å². The van der Waals surface area contributed by atoms with Crippen LogP contribution in [0.3, 0.4) is 0 Å². The van der Waals surface area contributed by atoms with Gasteiger partial charge in [-0.2, -0.15) is 0 Å². The molecule has 0 atom stereocenters. The van der Waals surface area contributed by atoms with Crippen LogP contribution in [0.5, 0.6) is 0 Å². The van der Waals surface area contributed by atoms with E-state index in [4.69, 9.17) is 0 Å². The van der Waals surface area contributed by atoms with Crippen LogP contribution in [0.15, 0.2) is 33.9 Å². The third kappa shape index (κ3) is 2.96. The fourth-order valence-corrected chi connectivity index (χ4v) is 1.70. The summed E-state index contributed by atoms with van der Waals surface area (Å²) in [6.45, 7) is 5.69. The van der Waals surface area contributed by atoms with E-state index in [1.54, 1.807) is 24.3 Å². The van der Waals surface area contributed by atoms with Gasteiger partial charge >= 0.3 is 11.4 Å². The largest absolute Gasteiger partial charge is 0.348 e. The van der Waals surface area contributed by atoms with Gasteiger partial charge in [-0.25, -0.2) is 24.4 Å². The minimum Gasteiger partial charge on any atom is -0.326 e. The summed E-state index contributed by atoms with van der Waals surface area (Å²) in [6.07, 6.45) is 0.727. The van der Waals surface area contributed by atoms with Gasteiger partial charge in [-0.05, 0) is 30.7 Å². The molecular weight excluding hydrogens is 272 g/mol.